The highest BCUT2D eigenvalue weighted by molar-refractivity contribution is 14.0. The molecular weight excluding hydrogens is 479 g/mol. The minimum absolute atomic E-state index is 0. The van der Waals surface area contributed by atoms with Gasteiger partial charge in [0, 0.05) is 52.6 Å². The molecule has 2 heterocycles. The van der Waals surface area contributed by atoms with E-state index in [0.717, 1.165) is 64.7 Å². The van der Waals surface area contributed by atoms with Gasteiger partial charge in [-0.05, 0) is 57.0 Å². The lowest BCUT2D eigenvalue weighted by molar-refractivity contribution is 0.0203. The Morgan fingerprint density at radius 3 is 2.41 bits per heavy atom. The third-order valence-corrected chi connectivity index (χ3v) is 6.03. The highest BCUT2D eigenvalue weighted by Crippen LogP contribution is 2.17. The van der Waals surface area contributed by atoms with Gasteiger partial charge >= 0.3 is 0 Å². The standard InChI is InChI=1S/C22H44N4O2.HI/c1-19(2)21(26-12-6-4-5-7-13-26)17-25-22(23-3)24-11-8-14-28-18-20-9-15-27-16-10-20;/h19-21H,4-18H2,1-3H3,(H2,23,24,25);1H. The fourth-order valence-electron chi connectivity index (χ4n) is 4.18. The number of aliphatic imine (C=N–C) groups is 1. The third kappa shape index (κ3) is 11.2. The first-order chi connectivity index (χ1) is 13.7. The van der Waals surface area contributed by atoms with Crippen molar-refractivity contribution in [1.29, 1.82) is 0 Å². The zero-order valence-electron chi connectivity index (χ0n) is 19.0. The van der Waals surface area contributed by atoms with Gasteiger partial charge in [0.15, 0.2) is 5.96 Å². The van der Waals surface area contributed by atoms with E-state index in [-0.39, 0.29) is 24.0 Å². The first-order valence-corrected chi connectivity index (χ1v) is 11.5. The molecule has 6 nitrogen and oxygen atoms in total. The van der Waals surface area contributed by atoms with E-state index >= 15 is 0 Å². The maximum atomic E-state index is 5.85. The summed E-state index contributed by atoms with van der Waals surface area (Å²) in [7, 11) is 1.85. The summed E-state index contributed by atoms with van der Waals surface area (Å²) in [5.74, 6) is 2.23. The number of nitrogens with one attached hydrogen (secondary N) is 2. The lowest BCUT2D eigenvalue weighted by Gasteiger charge is -2.34. The second-order valence-electron chi connectivity index (χ2n) is 8.63. The van der Waals surface area contributed by atoms with E-state index < -0.39 is 0 Å². The third-order valence-electron chi connectivity index (χ3n) is 6.03. The van der Waals surface area contributed by atoms with Gasteiger partial charge in [-0.1, -0.05) is 26.7 Å². The van der Waals surface area contributed by atoms with Crippen molar-refractivity contribution >= 4 is 29.9 Å². The van der Waals surface area contributed by atoms with Crippen molar-refractivity contribution in [2.24, 2.45) is 16.8 Å². The summed E-state index contributed by atoms with van der Waals surface area (Å²) in [6, 6.07) is 0.569. The van der Waals surface area contributed by atoms with Crippen molar-refractivity contribution in [2.75, 3.05) is 59.7 Å². The fourth-order valence-corrected chi connectivity index (χ4v) is 4.18. The Hall–Kier alpha value is -0.120. The molecule has 2 rings (SSSR count). The maximum absolute atomic E-state index is 5.85. The number of likely N-dealkylation sites (tertiary alicyclic amines) is 1. The van der Waals surface area contributed by atoms with Crippen molar-refractivity contribution < 1.29 is 9.47 Å². The zero-order chi connectivity index (χ0) is 20.0. The molecule has 2 saturated heterocycles. The maximum Gasteiger partial charge on any atom is 0.191 e. The molecule has 2 aliphatic rings. The summed E-state index contributed by atoms with van der Waals surface area (Å²) in [5.41, 5.74) is 0. The Morgan fingerprint density at radius 1 is 1.10 bits per heavy atom. The van der Waals surface area contributed by atoms with E-state index in [1.54, 1.807) is 0 Å². The Balaban J connectivity index is 0.00000420. The number of hydrogen-bond donors (Lipinski definition) is 2. The largest absolute Gasteiger partial charge is 0.381 e. The molecule has 29 heavy (non-hydrogen) atoms. The van der Waals surface area contributed by atoms with Crippen LogP contribution in [0.4, 0.5) is 0 Å². The summed E-state index contributed by atoms with van der Waals surface area (Å²) in [6.45, 7) is 12.5. The number of guanidine groups is 1. The van der Waals surface area contributed by atoms with Crippen LogP contribution in [0.3, 0.4) is 0 Å². The molecule has 0 aliphatic carbocycles. The fraction of sp³-hybridized carbons (Fsp3) is 0.955. The molecular formula is C22H45IN4O2. The lowest BCUT2D eigenvalue weighted by Crippen LogP contribution is -2.49. The van der Waals surface area contributed by atoms with Gasteiger partial charge < -0.3 is 20.1 Å². The van der Waals surface area contributed by atoms with E-state index in [1.165, 1.54) is 38.8 Å². The van der Waals surface area contributed by atoms with E-state index in [4.69, 9.17) is 9.47 Å². The molecule has 0 spiro atoms. The van der Waals surface area contributed by atoms with E-state index in [0.29, 0.717) is 17.9 Å². The summed E-state index contributed by atoms with van der Waals surface area (Å²) < 4.78 is 11.2. The second-order valence-corrected chi connectivity index (χ2v) is 8.63. The Kier molecular flexibility index (Phi) is 15.4. The summed E-state index contributed by atoms with van der Waals surface area (Å²) in [4.78, 5) is 7.08. The summed E-state index contributed by atoms with van der Waals surface area (Å²) in [6.07, 6.45) is 8.73. The van der Waals surface area contributed by atoms with Crippen LogP contribution in [0.25, 0.3) is 0 Å². The Morgan fingerprint density at radius 2 is 1.79 bits per heavy atom. The van der Waals surface area contributed by atoms with Gasteiger partial charge in [-0.2, -0.15) is 0 Å². The van der Waals surface area contributed by atoms with Gasteiger partial charge in [-0.15, -0.1) is 24.0 Å². The smallest absolute Gasteiger partial charge is 0.191 e. The quantitative estimate of drug-likeness (QED) is 0.198. The lowest BCUT2D eigenvalue weighted by atomic mass is 10.0. The van der Waals surface area contributed by atoms with Crippen LogP contribution < -0.4 is 10.6 Å². The first kappa shape index (κ1) is 26.9. The highest BCUT2D eigenvalue weighted by atomic mass is 127. The van der Waals surface area contributed by atoms with Gasteiger partial charge in [0.25, 0.3) is 0 Å². The number of hydrogen-bond acceptors (Lipinski definition) is 4. The van der Waals surface area contributed by atoms with Gasteiger partial charge in [0.2, 0.25) is 0 Å². The van der Waals surface area contributed by atoms with E-state index in [1.807, 2.05) is 7.05 Å². The van der Waals surface area contributed by atoms with Gasteiger partial charge in [-0.3, -0.25) is 9.89 Å². The first-order valence-electron chi connectivity index (χ1n) is 11.5. The van der Waals surface area contributed by atoms with Crippen molar-refractivity contribution in [3.8, 4) is 0 Å². The molecule has 2 N–H and O–H groups in total. The Bertz CT molecular complexity index is 423. The normalized spacial score (nSPS) is 20.8. The number of rotatable bonds is 10. The average molecular weight is 525 g/mol. The van der Waals surface area contributed by atoms with E-state index in [2.05, 4.69) is 34.4 Å². The van der Waals surface area contributed by atoms with Crippen LogP contribution >= 0.6 is 24.0 Å². The molecule has 2 aliphatic heterocycles. The van der Waals surface area contributed by atoms with Gasteiger partial charge in [-0.25, -0.2) is 0 Å². The zero-order valence-corrected chi connectivity index (χ0v) is 21.3. The topological polar surface area (TPSA) is 58.1 Å². The van der Waals surface area contributed by atoms with Crippen molar-refractivity contribution in [1.82, 2.24) is 15.5 Å². The molecule has 0 aromatic carbocycles. The van der Waals surface area contributed by atoms with Crippen LogP contribution in [0.2, 0.25) is 0 Å². The molecule has 0 saturated carbocycles. The molecule has 0 aromatic rings. The van der Waals surface area contributed by atoms with Crippen LogP contribution in [0.5, 0.6) is 0 Å². The van der Waals surface area contributed by atoms with Crippen LogP contribution in [-0.4, -0.2) is 76.6 Å². The Labute approximate surface area is 196 Å². The van der Waals surface area contributed by atoms with Gasteiger partial charge in [0.1, 0.15) is 0 Å². The molecule has 0 aromatic heterocycles. The van der Waals surface area contributed by atoms with Crippen molar-refractivity contribution in [3.63, 3.8) is 0 Å². The SMILES string of the molecule is CN=C(NCCCOCC1CCOCC1)NCC(C(C)C)N1CCCCCC1.I. The average Bonchev–Trinajstić information content (AvgIpc) is 2.99. The molecule has 0 radical (unpaired) electrons. The van der Waals surface area contributed by atoms with Crippen LogP contribution in [0, 0.1) is 11.8 Å². The molecule has 172 valence electrons. The van der Waals surface area contributed by atoms with Crippen LogP contribution in [0.1, 0.15) is 58.8 Å². The second kappa shape index (κ2) is 16.6. The molecule has 0 amide bonds. The van der Waals surface area contributed by atoms with Gasteiger partial charge in [0.05, 0.1) is 0 Å². The monoisotopic (exact) mass is 524 g/mol. The number of nitrogens with zero attached hydrogens (tertiary/aromatic N) is 2. The number of halogens is 1. The predicted octanol–water partition coefficient (Wildman–Crippen LogP) is 3.50. The minimum atomic E-state index is 0. The molecule has 7 heteroatoms. The molecule has 2 fully saturated rings. The van der Waals surface area contributed by atoms with E-state index in [9.17, 15) is 0 Å². The predicted molar refractivity (Wildman–Crippen MR) is 132 cm³/mol. The molecule has 1 atom stereocenters. The summed E-state index contributed by atoms with van der Waals surface area (Å²) >= 11 is 0. The summed E-state index contributed by atoms with van der Waals surface area (Å²) in [5, 5.41) is 6.99. The minimum Gasteiger partial charge on any atom is -0.381 e. The van der Waals surface area contributed by atoms with Crippen molar-refractivity contribution in [2.45, 2.75) is 64.8 Å². The van der Waals surface area contributed by atoms with Crippen molar-refractivity contribution in [3.05, 3.63) is 0 Å². The van der Waals surface area contributed by atoms with Crippen LogP contribution in [-0.2, 0) is 9.47 Å². The molecule has 0 bridgehead atoms. The number of ether oxygens (including phenoxy) is 2. The highest BCUT2D eigenvalue weighted by Gasteiger charge is 2.22. The molecule has 1 unspecified atom stereocenters. The van der Waals surface area contributed by atoms with Crippen LogP contribution in [0.15, 0.2) is 4.99 Å².